The third kappa shape index (κ3) is 3.48. The molecule has 2 rings (SSSR count). The number of nitrogens with zero attached hydrogens (tertiary/aromatic N) is 2. The van der Waals surface area contributed by atoms with Crippen molar-refractivity contribution in [3.63, 3.8) is 0 Å². The van der Waals surface area contributed by atoms with Crippen molar-refractivity contribution < 1.29 is 0 Å². The van der Waals surface area contributed by atoms with Gasteiger partial charge in [-0.1, -0.05) is 25.1 Å². The molecular formula is C16H27N3. The van der Waals surface area contributed by atoms with E-state index in [1.54, 1.807) is 0 Å². The molecule has 3 nitrogen and oxygen atoms in total. The summed E-state index contributed by atoms with van der Waals surface area (Å²) in [6, 6.07) is 8.71. The maximum absolute atomic E-state index is 6.23. The number of rotatable bonds is 5. The van der Waals surface area contributed by atoms with E-state index in [9.17, 15) is 0 Å². The molecule has 0 radical (unpaired) electrons. The number of hydrogen-bond donors (Lipinski definition) is 1. The first-order valence-electron chi connectivity index (χ1n) is 7.36. The van der Waals surface area contributed by atoms with Gasteiger partial charge in [-0.3, -0.25) is 0 Å². The average molecular weight is 261 g/mol. The van der Waals surface area contributed by atoms with E-state index in [1.807, 2.05) is 0 Å². The smallest absolute Gasteiger partial charge is 0.0412 e. The molecule has 0 saturated carbocycles. The third-order valence-electron chi connectivity index (χ3n) is 4.21. The normalized spacial score (nSPS) is 21.6. The summed E-state index contributed by atoms with van der Waals surface area (Å²) < 4.78 is 0. The van der Waals surface area contributed by atoms with Crippen LogP contribution >= 0.6 is 0 Å². The van der Waals surface area contributed by atoms with Crippen molar-refractivity contribution in [2.24, 2.45) is 11.7 Å². The van der Waals surface area contributed by atoms with E-state index in [0.717, 1.165) is 18.9 Å². The van der Waals surface area contributed by atoms with E-state index in [1.165, 1.54) is 30.8 Å². The number of likely N-dealkylation sites (tertiary alicyclic amines) is 1. The highest BCUT2D eigenvalue weighted by atomic mass is 15.2. The van der Waals surface area contributed by atoms with Gasteiger partial charge in [0.15, 0.2) is 0 Å². The number of para-hydroxylation sites is 1. The highest BCUT2D eigenvalue weighted by Gasteiger charge is 2.22. The molecular weight excluding hydrogens is 234 g/mol. The molecule has 2 unspecified atom stereocenters. The quantitative estimate of drug-likeness (QED) is 0.884. The Morgan fingerprint density at radius 2 is 2.16 bits per heavy atom. The zero-order valence-corrected chi connectivity index (χ0v) is 12.5. The van der Waals surface area contributed by atoms with Crippen molar-refractivity contribution in [2.45, 2.75) is 25.8 Å². The fourth-order valence-corrected chi connectivity index (χ4v) is 3.03. The molecule has 1 aliphatic heterocycles. The van der Waals surface area contributed by atoms with Gasteiger partial charge >= 0.3 is 0 Å². The van der Waals surface area contributed by atoms with Gasteiger partial charge in [0.25, 0.3) is 0 Å². The molecule has 2 atom stereocenters. The highest BCUT2D eigenvalue weighted by molar-refractivity contribution is 5.54. The summed E-state index contributed by atoms with van der Waals surface area (Å²) in [6.07, 6.45) is 2.29. The highest BCUT2D eigenvalue weighted by Crippen LogP contribution is 2.27. The molecule has 2 N–H and O–H groups in total. The summed E-state index contributed by atoms with van der Waals surface area (Å²) in [7, 11) is 4.40. The van der Waals surface area contributed by atoms with Gasteiger partial charge in [0.2, 0.25) is 0 Å². The zero-order valence-electron chi connectivity index (χ0n) is 12.5. The van der Waals surface area contributed by atoms with Crippen LogP contribution in [-0.4, -0.2) is 38.6 Å². The van der Waals surface area contributed by atoms with Gasteiger partial charge in [-0.2, -0.15) is 0 Å². The number of nitrogens with two attached hydrogens (primary N) is 1. The van der Waals surface area contributed by atoms with Crippen molar-refractivity contribution >= 4 is 5.69 Å². The van der Waals surface area contributed by atoms with Crippen LogP contribution in [0.5, 0.6) is 0 Å². The summed E-state index contributed by atoms with van der Waals surface area (Å²) >= 11 is 0. The Labute approximate surface area is 117 Å². The Morgan fingerprint density at radius 1 is 1.42 bits per heavy atom. The predicted molar refractivity (Wildman–Crippen MR) is 82.5 cm³/mol. The van der Waals surface area contributed by atoms with Crippen molar-refractivity contribution in [1.29, 1.82) is 0 Å². The van der Waals surface area contributed by atoms with E-state index in [2.05, 4.69) is 55.1 Å². The third-order valence-corrected chi connectivity index (χ3v) is 4.21. The molecule has 0 spiro atoms. The van der Waals surface area contributed by atoms with Crippen LogP contribution in [0.3, 0.4) is 0 Å². The largest absolute Gasteiger partial charge is 0.374 e. The molecule has 1 aromatic rings. The van der Waals surface area contributed by atoms with E-state index in [0.29, 0.717) is 0 Å². The predicted octanol–water partition coefficient (Wildman–Crippen LogP) is 2.48. The maximum atomic E-state index is 6.23. The molecule has 1 aliphatic rings. The first-order chi connectivity index (χ1) is 9.11. The SMILES string of the molecule is CCC(N)c1ccccc1N(C)CC1CCN(C)C1. The summed E-state index contributed by atoms with van der Waals surface area (Å²) in [4.78, 5) is 4.80. The van der Waals surface area contributed by atoms with E-state index in [-0.39, 0.29) is 6.04 Å². The fraction of sp³-hybridized carbons (Fsp3) is 0.625. The van der Waals surface area contributed by atoms with Crippen LogP contribution in [0.2, 0.25) is 0 Å². The van der Waals surface area contributed by atoms with Crippen LogP contribution in [0.15, 0.2) is 24.3 Å². The van der Waals surface area contributed by atoms with Gasteiger partial charge in [-0.15, -0.1) is 0 Å². The Balaban J connectivity index is 2.08. The van der Waals surface area contributed by atoms with Crippen LogP contribution < -0.4 is 10.6 Å². The molecule has 19 heavy (non-hydrogen) atoms. The number of anilines is 1. The first-order valence-corrected chi connectivity index (χ1v) is 7.36. The number of benzene rings is 1. The van der Waals surface area contributed by atoms with Gasteiger partial charge in [0.1, 0.15) is 0 Å². The van der Waals surface area contributed by atoms with Gasteiger partial charge in [-0.25, -0.2) is 0 Å². The second-order valence-electron chi connectivity index (χ2n) is 5.87. The summed E-state index contributed by atoms with van der Waals surface area (Å²) in [6.45, 7) is 5.71. The first kappa shape index (κ1) is 14.4. The minimum absolute atomic E-state index is 0.143. The topological polar surface area (TPSA) is 32.5 Å². The monoisotopic (exact) mass is 261 g/mol. The molecule has 106 valence electrons. The lowest BCUT2D eigenvalue weighted by Gasteiger charge is -2.27. The van der Waals surface area contributed by atoms with Crippen molar-refractivity contribution in [3.05, 3.63) is 29.8 Å². The fourth-order valence-electron chi connectivity index (χ4n) is 3.03. The van der Waals surface area contributed by atoms with Crippen LogP contribution in [0, 0.1) is 5.92 Å². The van der Waals surface area contributed by atoms with Crippen molar-refractivity contribution in [2.75, 3.05) is 38.6 Å². The van der Waals surface area contributed by atoms with Gasteiger partial charge in [-0.05, 0) is 44.0 Å². The molecule has 1 fully saturated rings. The van der Waals surface area contributed by atoms with Crippen LogP contribution in [0.1, 0.15) is 31.4 Å². The molecule has 0 aliphatic carbocycles. The lowest BCUT2D eigenvalue weighted by Crippen LogP contribution is -2.28. The standard InChI is InChI=1S/C16H27N3/c1-4-15(17)14-7-5-6-8-16(14)19(3)12-13-9-10-18(2)11-13/h5-8,13,15H,4,9-12,17H2,1-3H3. The van der Waals surface area contributed by atoms with Gasteiger partial charge in [0, 0.05) is 31.9 Å². The maximum Gasteiger partial charge on any atom is 0.0412 e. The van der Waals surface area contributed by atoms with E-state index < -0.39 is 0 Å². The Hall–Kier alpha value is -1.06. The molecule has 1 aromatic carbocycles. The minimum atomic E-state index is 0.143. The summed E-state index contributed by atoms with van der Waals surface area (Å²) in [5, 5.41) is 0. The molecule has 0 bridgehead atoms. The molecule has 3 heteroatoms. The lowest BCUT2D eigenvalue weighted by atomic mass is 10.0. The lowest BCUT2D eigenvalue weighted by molar-refractivity contribution is 0.396. The Morgan fingerprint density at radius 3 is 2.79 bits per heavy atom. The average Bonchev–Trinajstić information content (AvgIpc) is 2.83. The molecule has 1 heterocycles. The van der Waals surface area contributed by atoms with Crippen LogP contribution in [0.4, 0.5) is 5.69 Å². The van der Waals surface area contributed by atoms with Crippen molar-refractivity contribution in [3.8, 4) is 0 Å². The number of hydrogen-bond acceptors (Lipinski definition) is 3. The minimum Gasteiger partial charge on any atom is -0.374 e. The zero-order chi connectivity index (χ0) is 13.8. The molecule has 0 aromatic heterocycles. The Bertz CT molecular complexity index is 405. The molecule has 0 amide bonds. The van der Waals surface area contributed by atoms with E-state index >= 15 is 0 Å². The van der Waals surface area contributed by atoms with Gasteiger partial charge in [0.05, 0.1) is 0 Å². The molecule has 1 saturated heterocycles. The second kappa shape index (κ2) is 6.40. The second-order valence-corrected chi connectivity index (χ2v) is 5.87. The van der Waals surface area contributed by atoms with Crippen LogP contribution in [0.25, 0.3) is 0 Å². The summed E-state index contributed by atoms with van der Waals surface area (Å²) in [5.41, 5.74) is 8.80. The van der Waals surface area contributed by atoms with E-state index in [4.69, 9.17) is 5.73 Å². The Kier molecular flexibility index (Phi) is 4.83. The van der Waals surface area contributed by atoms with Crippen LogP contribution in [-0.2, 0) is 0 Å². The van der Waals surface area contributed by atoms with Crippen molar-refractivity contribution in [1.82, 2.24) is 4.90 Å². The van der Waals surface area contributed by atoms with Gasteiger partial charge < -0.3 is 15.5 Å². The summed E-state index contributed by atoms with van der Waals surface area (Å²) in [5.74, 6) is 0.779.